The topological polar surface area (TPSA) is 48.1 Å². The van der Waals surface area contributed by atoms with Crippen molar-refractivity contribution in [3.05, 3.63) is 23.9 Å². The van der Waals surface area contributed by atoms with E-state index < -0.39 is 0 Å². The lowest BCUT2D eigenvalue weighted by atomic mass is 10.1. The Balaban J connectivity index is 1.97. The summed E-state index contributed by atoms with van der Waals surface area (Å²) >= 11 is 0. The van der Waals surface area contributed by atoms with E-state index in [0.29, 0.717) is 12.4 Å². The molecule has 0 aromatic carbocycles. The smallest absolute Gasteiger partial charge is 0.123 e. The van der Waals surface area contributed by atoms with Gasteiger partial charge in [-0.1, -0.05) is 39.0 Å². The Labute approximate surface area is 104 Å². The summed E-state index contributed by atoms with van der Waals surface area (Å²) in [6.45, 7) is 3.72. The van der Waals surface area contributed by atoms with Gasteiger partial charge in [0.1, 0.15) is 5.82 Å². The van der Waals surface area contributed by atoms with Crippen LogP contribution >= 0.6 is 0 Å². The molecular formula is C14H24N2O. The predicted octanol–water partition coefficient (Wildman–Crippen LogP) is 3.54. The van der Waals surface area contributed by atoms with Gasteiger partial charge in [0, 0.05) is 12.8 Å². The van der Waals surface area contributed by atoms with Crippen molar-refractivity contribution < 1.29 is 4.74 Å². The number of nitrogens with zero attached hydrogens (tertiary/aromatic N) is 1. The monoisotopic (exact) mass is 236 g/mol. The van der Waals surface area contributed by atoms with E-state index in [1.807, 2.05) is 12.1 Å². The van der Waals surface area contributed by atoms with Gasteiger partial charge in [0.05, 0.1) is 6.61 Å². The molecule has 0 spiro atoms. The first kappa shape index (κ1) is 14.0. The highest BCUT2D eigenvalue weighted by Gasteiger charge is 1.95. The largest absolute Gasteiger partial charge is 0.384 e. The first-order valence-electron chi connectivity index (χ1n) is 6.61. The van der Waals surface area contributed by atoms with Crippen LogP contribution in [0.25, 0.3) is 0 Å². The zero-order valence-electron chi connectivity index (χ0n) is 10.8. The lowest BCUT2D eigenvalue weighted by Crippen LogP contribution is -1.97. The number of unbranched alkanes of at least 4 members (excludes halogenated alkanes) is 5. The maximum atomic E-state index is 5.60. The summed E-state index contributed by atoms with van der Waals surface area (Å²) in [5.74, 6) is 0.561. The maximum Gasteiger partial charge on any atom is 0.123 e. The van der Waals surface area contributed by atoms with Gasteiger partial charge in [-0.05, 0) is 24.1 Å². The van der Waals surface area contributed by atoms with Crippen LogP contribution in [0.1, 0.15) is 51.0 Å². The molecule has 1 rings (SSSR count). The molecule has 2 N–H and O–H groups in total. The molecule has 3 heteroatoms. The minimum Gasteiger partial charge on any atom is -0.384 e. The Morgan fingerprint density at radius 2 is 1.94 bits per heavy atom. The zero-order valence-corrected chi connectivity index (χ0v) is 10.8. The molecule has 0 amide bonds. The van der Waals surface area contributed by atoms with Crippen molar-refractivity contribution in [3.8, 4) is 0 Å². The van der Waals surface area contributed by atoms with Crippen LogP contribution in [-0.4, -0.2) is 11.6 Å². The van der Waals surface area contributed by atoms with Crippen molar-refractivity contribution in [2.45, 2.75) is 52.1 Å². The van der Waals surface area contributed by atoms with Gasteiger partial charge in [0.15, 0.2) is 0 Å². The third-order valence-electron chi connectivity index (χ3n) is 2.76. The average Bonchev–Trinajstić information content (AvgIpc) is 2.33. The van der Waals surface area contributed by atoms with E-state index in [1.165, 1.54) is 32.1 Å². The number of nitrogens with two attached hydrogens (primary N) is 1. The summed E-state index contributed by atoms with van der Waals surface area (Å²) in [7, 11) is 0. The van der Waals surface area contributed by atoms with Crippen molar-refractivity contribution in [1.29, 1.82) is 0 Å². The third-order valence-corrected chi connectivity index (χ3v) is 2.76. The average molecular weight is 236 g/mol. The van der Waals surface area contributed by atoms with E-state index in [4.69, 9.17) is 10.5 Å². The molecule has 1 heterocycles. The Bertz CT molecular complexity index is 302. The highest BCUT2D eigenvalue weighted by molar-refractivity contribution is 5.31. The van der Waals surface area contributed by atoms with Crippen LogP contribution in [0, 0.1) is 0 Å². The van der Waals surface area contributed by atoms with Gasteiger partial charge in [-0.15, -0.1) is 0 Å². The van der Waals surface area contributed by atoms with Crippen LogP contribution in [-0.2, 0) is 11.3 Å². The number of rotatable bonds is 9. The number of nitrogen functional groups attached to an aromatic ring is 1. The maximum absolute atomic E-state index is 5.60. The van der Waals surface area contributed by atoms with Crippen molar-refractivity contribution in [1.82, 2.24) is 4.98 Å². The SMILES string of the molecule is CCCCCCCCOCc1ccnc(N)c1. The van der Waals surface area contributed by atoms with Gasteiger partial charge >= 0.3 is 0 Å². The highest BCUT2D eigenvalue weighted by atomic mass is 16.5. The minimum absolute atomic E-state index is 0.561. The highest BCUT2D eigenvalue weighted by Crippen LogP contribution is 2.07. The van der Waals surface area contributed by atoms with Gasteiger partial charge in [0.25, 0.3) is 0 Å². The minimum atomic E-state index is 0.561. The molecule has 0 aliphatic rings. The van der Waals surface area contributed by atoms with Crippen molar-refractivity contribution in [3.63, 3.8) is 0 Å². The summed E-state index contributed by atoms with van der Waals surface area (Å²) in [5, 5.41) is 0. The molecule has 3 nitrogen and oxygen atoms in total. The number of pyridine rings is 1. The Kier molecular flexibility index (Phi) is 7.39. The number of hydrogen-bond acceptors (Lipinski definition) is 3. The number of ether oxygens (including phenoxy) is 1. The molecule has 1 aromatic heterocycles. The molecule has 0 aliphatic carbocycles. The molecular weight excluding hydrogens is 212 g/mol. The van der Waals surface area contributed by atoms with E-state index in [1.54, 1.807) is 6.20 Å². The fraction of sp³-hybridized carbons (Fsp3) is 0.643. The van der Waals surface area contributed by atoms with Gasteiger partial charge in [-0.25, -0.2) is 4.98 Å². The predicted molar refractivity (Wildman–Crippen MR) is 71.7 cm³/mol. The second-order valence-electron chi connectivity index (χ2n) is 4.41. The van der Waals surface area contributed by atoms with Crippen LogP contribution in [0.15, 0.2) is 18.3 Å². The number of hydrogen-bond donors (Lipinski definition) is 1. The van der Waals surface area contributed by atoms with Gasteiger partial charge < -0.3 is 10.5 Å². The quantitative estimate of drug-likeness (QED) is 0.667. The van der Waals surface area contributed by atoms with Gasteiger partial charge in [-0.2, -0.15) is 0 Å². The summed E-state index contributed by atoms with van der Waals surface area (Å²) < 4.78 is 5.60. The second kappa shape index (κ2) is 8.99. The van der Waals surface area contributed by atoms with Crippen molar-refractivity contribution >= 4 is 5.82 Å². The van der Waals surface area contributed by atoms with E-state index in [9.17, 15) is 0 Å². The molecule has 0 saturated carbocycles. The van der Waals surface area contributed by atoms with Crippen LogP contribution in [0.4, 0.5) is 5.82 Å². The molecule has 0 bridgehead atoms. The first-order valence-corrected chi connectivity index (χ1v) is 6.61. The first-order chi connectivity index (χ1) is 8.33. The van der Waals surface area contributed by atoms with Gasteiger partial charge in [-0.3, -0.25) is 0 Å². The molecule has 17 heavy (non-hydrogen) atoms. The molecule has 0 atom stereocenters. The van der Waals surface area contributed by atoms with E-state index in [2.05, 4.69) is 11.9 Å². The normalized spacial score (nSPS) is 10.6. The molecule has 0 unspecified atom stereocenters. The number of aromatic nitrogens is 1. The van der Waals surface area contributed by atoms with Crippen LogP contribution in [0.3, 0.4) is 0 Å². The summed E-state index contributed by atoms with van der Waals surface area (Å²) in [6, 6.07) is 3.80. The third kappa shape index (κ3) is 6.95. The standard InChI is InChI=1S/C14H24N2O/c1-2-3-4-5-6-7-10-17-12-13-8-9-16-14(15)11-13/h8-9,11H,2-7,10,12H2,1H3,(H2,15,16). The fourth-order valence-corrected chi connectivity index (χ4v) is 1.76. The lowest BCUT2D eigenvalue weighted by molar-refractivity contribution is 0.116. The molecule has 1 aromatic rings. The molecule has 0 aliphatic heterocycles. The summed E-state index contributed by atoms with van der Waals surface area (Å²) in [5.41, 5.74) is 6.69. The summed E-state index contributed by atoms with van der Waals surface area (Å²) in [4.78, 5) is 3.95. The van der Waals surface area contributed by atoms with Crippen molar-refractivity contribution in [2.24, 2.45) is 0 Å². The van der Waals surface area contributed by atoms with Gasteiger partial charge in [0.2, 0.25) is 0 Å². The molecule has 0 saturated heterocycles. The van der Waals surface area contributed by atoms with E-state index in [0.717, 1.165) is 18.6 Å². The second-order valence-corrected chi connectivity index (χ2v) is 4.41. The van der Waals surface area contributed by atoms with Crippen molar-refractivity contribution in [2.75, 3.05) is 12.3 Å². The molecule has 96 valence electrons. The van der Waals surface area contributed by atoms with Crippen LogP contribution in [0.2, 0.25) is 0 Å². The van der Waals surface area contributed by atoms with Crippen LogP contribution < -0.4 is 5.73 Å². The van der Waals surface area contributed by atoms with Crippen LogP contribution in [0.5, 0.6) is 0 Å². The Morgan fingerprint density at radius 1 is 1.18 bits per heavy atom. The van der Waals surface area contributed by atoms with E-state index in [-0.39, 0.29) is 0 Å². The molecule has 0 radical (unpaired) electrons. The Hall–Kier alpha value is -1.09. The lowest BCUT2D eigenvalue weighted by Gasteiger charge is -2.04. The zero-order chi connectivity index (χ0) is 12.3. The summed E-state index contributed by atoms with van der Waals surface area (Å²) in [6.07, 6.45) is 9.51. The Morgan fingerprint density at radius 3 is 2.71 bits per heavy atom. The van der Waals surface area contributed by atoms with E-state index >= 15 is 0 Å². The number of anilines is 1. The fourth-order valence-electron chi connectivity index (χ4n) is 1.76. The molecule has 0 fully saturated rings.